The Kier molecular flexibility index (Phi) is 4.39. The zero-order valence-electron chi connectivity index (χ0n) is 13.5. The predicted octanol–water partition coefficient (Wildman–Crippen LogP) is 2.72. The van der Waals surface area contributed by atoms with E-state index in [1.165, 1.54) is 0 Å². The first-order chi connectivity index (χ1) is 10.7. The van der Waals surface area contributed by atoms with Gasteiger partial charge in [-0.3, -0.25) is 4.79 Å². The lowest BCUT2D eigenvalue weighted by Gasteiger charge is -2.18. The normalized spacial score (nSPS) is 22.4. The lowest BCUT2D eigenvalue weighted by molar-refractivity contribution is -0.123. The smallest absolute Gasteiger partial charge is 0.230 e. The summed E-state index contributed by atoms with van der Waals surface area (Å²) in [5, 5.41) is 3.10. The van der Waals surface area contributed by atoms with Crippen molar-refractivity contribution in [1.29, 1.82) is 0 Å². The van der Waals surface area contributed by atoms with E-state index in [9.17, 15) is 4.79 Å². The number of aryl methyl sites for hydroxylation is 1. The van der Waals surface area contributed by atoms with Crippen molar-refractivity contribution in [2.45, 2.75) is 50.5 Å². The maximum absolute atomic E-state index is 12.6. The molecule has 0 radical (unpaired) electrons. The second-order valence-corrected chi connectivity index (χ2v) is 6.45. The Labute approximate surface area is 132 Å². The maximum Gasteiger partial charge on any atom is 0.230 e. The highest BCUT2D eigenvalue weighted by Crippen LogP contribution is 2.49. The van der Waals surface area contributed by atoms with Crippen molar-refractivity contribution in [2.75, 3.05) is 20.3 Å². The van der Waals surface area contributed by atoms with Crippen molar-refractivity contribution in [3.05, 3.63) is 29.3 Å². The molecule has 4 heteroatoms. The van der Waals surface area contributed by atoms with Crippen molar-refractivity contribution in [1.82, 2.24) is 5.32 Å². The number of nitrogens with one attached hydrogen (secondary N) is 1. The van der Waals surface area contributed by atoms with Crippen LogP contribution in [0.1, 0.15) is 43.2 Å². The van der Waals surface area contributed by atoms with Crippen LogP contribution in [0.2, 0.25) is 0 Å². The van der Waals surface area contributed by atoms with Gasteiger partial charge in [0, 0.05) is 13.2 Å². The molecule has 1 heterocycles. The van der Waals surface area contributed by atoms with E-state index in [-0.39, 0.29) is 11.3 Å². The van der Waals surface area contributed by atoms with Crippen LogP contribution in [-0.4, -0.2) is 32.3 Å². The van der Waals surface area contributed by atoms with Crippen LogP contribution in [0.4, 0.5) is 0 Å². The average Bonchev–Trinajstić information content (AvgIpc) is 3.18. The molecule has 0 bridgehead atoms. The second-order valence-electron chi connectivity index (χ2n) is 6.45. The summed E-state index contributed by atoms with van der Waals surface area (Å²) in [4.78, 5) is 12.6. The van der Waals surface area contributed by atoms with Gasteiger partial charge in [-0.25, -0.2) is 0 Å². The van der Waals surface area contributed by atoms with E-state index in [1.54, 1.807) is 7.11 Å². The molecule has 1 N–H and O–H groups in total. The van der Waals surface area contributed by atoms with E-state index in [4.69, 9.17) is 9.47 Å². The van der Waals surface area contributed by atoms with E-state index in [2.05, 4.69) is 11.4 Å². The molecule has 1 aromatic rings. The first kappa shape index (κ1) is 15.3. The number of rotatable bonds is 6. The molecule has 0 spiro atoms. The number of carbonyl (C=O) groups excluding carboxylic acids is 1. The highest BCUT2D eigenvalue weighted by Gasteiger charge is 2.51. The topological polar surface area (TPSA) is 47.6 Å². The number of hydrogen-bond donors (Lipinski definition) is 1. The molecule has 2 aliphatic rings. The summed E-state index contributed by atoms with van der Waals surface area (Å²) in [7, 11) is 1.67. The Morgan fingerprint density at radius 2 is 2.27 bits per heavy atom. The third-order valence-electron chi connectivity index (χ3n) is 4.92. The fourth-order valence-corrected chi connectivity index (χ4v) is 3.28. The Balaban J connectivity index is 1.61. The molecule has 0 aromatic heterocycles. The molecule has 1 amide bonds. The van der Waals surface area contributed by atoms with Gasteiger partial charge in [-0.15, -0.1) is 0 Å². The lowest BCUT2D eigenvalue weighted by Crippen LogP contribution is -2.36. The monoisotopic (exact) mass is 303 g/mol. The van der Waals surface area contributed by atoms with Gasteiger partial charge in [-0.1, -0.05) is 12.1 Å². The standard InChI is InChI=1S/C18H25NO3/c1-13-5-6-14(12-16(13)21-2)18(8-9-18)17(20)19-10-7-15-4-3-11-22-15/h5-6,12,15H,3-4,7-11H2,1-2H3,(H,19,20)/t15-/m0/s1. The van der Waals surface area contributed by atoms with Gasteiger partial charge < -0.3 is 14.8 Å². The van der Waals surface area contributed by atoms with Crippen LogP contribution in [0.25, 0.3) is 0 Å². The van der Waals surface area contributed by atoms with Crippen LogP contribution in [-0.2, 0) is 14.9 Å². The molecule has 1 atom stereocenters. The summed E-state index contributed by atoms with van der Waals surface area (Å²) >= 11 is 0. The third-order valence-corrected chi connectivity index (χ3v) is 4.92. The number of carbonyl (C=O) groups is 1. The van der Waals surface area contributed by atoms with Gasteiger partial charge >= 0.3 is 0 Å². The van der Waals surface area contributed by atoms with Gasteiger partial charge in [-0.05, 0) is 56.2 Å². The quantitative estimate of drug-likeness (QED) is 0.879. The average molecular weight is 303 g/mol. The summed E-state index contributed by atoms with van der Waals surface area (Å²) in [6.45, 7) is 3.59. The number of benzene rings is 1. The van der Waals surface area contributed by atoms with Crippen molar-refractivity contribution in [2.24, 2.45) is 0 Å². The highest BCUT2D eigenvalue weighted by atomic mass is 16.5. The molecule has 3 rings (SSSR count). The molecule has 1 saturated heterocycles. The van der Waals surface area contributed by atoms with E-state index in [1.807, 2.05) is 19.1 Å². The van der Waals surface area contributed by atoms with Crippen LogP contribution >= 0.6 is 0 Å². The fourth-order valence-electron chi connectivity index (χ4n) is 3.28. The van der Waals surface area contributed by atoms with Crippen LogP contribution in [0.15, 0.2) is 18.2 Å². The summed E-state index contributed by atoms with van der Waals surface area (Å²) in [5.74, 6) is 1.01. The van der Waals surface area contributed by atoms with Crippen LogP contribution in [0, 0.1) is 6.92 Å². The highest BCUT2D eigenvalue weighted by molar-refractivity contribution is 5.91. The molecule has 120 valence electrons. The molecule has 2 fully saturated rings. The predicted molar refractivity (Wildman–Crippen MR) is 85.2 cm³/mol. The minimum atomic E-state index is -0.336. The Morgan fingerprint density at radius 1 is 1.45 bits per heavy atom. The van der Waals surface area contributed by atoms with Gasteiger partial charge in [0.15, 0.2) is 0 Å². The number of methoxy groups -OCH3 is 1. The Morgan fingerprint density at radius 3 is 2.91 bits per heavy atom. The molecule has 1 saturated carbocycles. The zero-order valence-corrected chi connectivity index (χ0v) is 13.5. The molecule has 4 nitrogen and oxygen atoms in total. The van der Waals surface area contributed by atoms with Crippen LogP contribution in [0.3, 0.4) is 0 Å². The van der Waals surface area contributed by atoms with Gasteiger partial charge in [0.05, 0.1) is 18.6 Å². The first-order valence-electron chi connectivity index (χ1n) is 8.21. The zero-order chi connectivity index (χ0) is 15.6. The van der Waals surface area contributed by atoms with E-state index >= 15 is 0 Å². The molecule has 0 unspecified atom stereocenters. The molecule has 22 heavy (non-hydrogen) atoms. The summed E-state index contributed by atoms with van der Waals surface area (Å²) in [5.41, 5.74) is 1.84. The third kappa shape index (κ3) is 2.98. The molecular formula is C18H25NO3. The second kappa shape index (κ2) is 6.29. The fraction of sp³-hybridized carbons (Fsp3) is 0.611. The van der Waals surface area contributed by atoms with Gasteiger partial charge in [-0.2, -0.15) is 0 Å². The minimum absolute atomic E-state index is 0.149. The summed E-state index contributed by atoms with van der Waals surface area (Å²) in [6.07, 6.45) is 5.35. The maximum atomic E-state index is 12.6. The molecule has 1 aliphatic heterocycles. The molecule has 1 aliphatic carbocycles. The van der Waals surface area contributed by atoms with Crippen molar-refractivity contribution in [3.63, 3.8) is 0 Å². The van der Waals surface area contributed by atoms with Crippen LogP contribution < -0.4 is 10.1 Å². The van der Waals surface area contributed by atoms with Gasteiger partial charge in [0.25, 0.3) is 0 Å². The largest absolute Gasteiger partial charge is 0.496 e. The van der Waals surface area contributed by atoms with Gasteiger partial charge in [0.2, 0.25) is 5.91 Å². The minimum Gasteiger partial charge on any atom is -0.496 e. The van der Waals surface area contributed by atoms with Crippen molar-refractivity contribution >= 4 is 5.91 Å². The first-order valence-corrected chi connectivity index (χ1v) is 8.21. The summed E-state index contributed by atoms with van der Waals surface area (Å²) in [6, 6.07) is 6.11. The van der Waals surface area contributed by atoms with E-state index in [0.29, 0.717) is 12.6 Å². The SMILES string of the molecule is COc1cc(C2(C(=O)NCC[C@@H]3CCCO3)CC2)ccc1C. The Hall–Kier alpha value is -1.55. The van der Waals surface area contributed by atoms with E-state index in [0.717, 1.165) is 55.6 Å². The Bertz CT molecular complexity index is 545. The van der Waals surface area contributed by atoms with Crippen molar-refractivity contribution in [3.8, 4) is 5.75 Å². The van der Waals surface area contributed by atoms with Crippen LogP contribution in [0.5, 0.6) is 5.75 Å². The van der Waals surface area contributed by atoms with E-state index < -0.39 is 0 Å². The van der Waals surface area contributed by atoms with Crippen molar-refractivity contribution < 1.29 is 14.3 Å². The lowest BCUT2D eigenvalue weighted by atomic mass is 9.93. The molecular weight excluding hydrogens is 278 g/mol. The number of hydrogen-bond acceptors (Lipinski definition) is 3. The van der Waals surface area contributed by atoms with Gasteiger partial charge in [0.1, 0.15) is 5.75 Å². The number of amides is 1. The number of ether oxygens (including phenoxy) is 2. The summed E-state index contributed by atoms with van der Waals surface area (Å²) < 4.78 is 11.0. The molecule has 1 aromatic carbocycles.